The van der Waals surface area contributed by atoms with E-state index in [1.165, 1.54) is 0 Å². The van der Waals surface area contributed by atoms with Crippen molar-refractivity contribution in [2.45, 2.75) is 6.92 Å². The van der Waals surface area contributed by atoms with Crippen LogP contribution in [0, 0.1) is 0 Å². The van der Waals surface area contributed by atoms with Crippen LogP contribution < -0.4 is 10.1 Å². The van der Waals surface area contributed by atoms with Gasteiger partial charge in [0.05, 0.1) is 18.7 Å². The Balaban J connectivity index is 1.91. The normalized spacial score (nSPS) is 10.4. The second-order valence-electron chi connectivity index (χ2n) is 6.00. The third-order valence-corrected chi connectivity index (χ3v) is 3.49. The molecule has 0 saturated heterocycles. The molecule has 0 aromatic heterocycles. The van der Waals surface area contributed by atoms with Crippen molar-refractivity contribution >= 4 is 23.5 Å². The molecule has 0 spiro atoms. The number of ketones is 1. The molecule has 2 aromatic carbocycles. The first-order chi connectivity index (χ1) is 12.9. The first kappa shape index (κ1) is 20.1. The molecular formula is C20H22N2O5. The van der Waals surface area contributed by atoms with E-state index >= 15 is 0 Å². The Morgan fingerprint density at radius 2 is 1.52 bits per heavy atom. The Bertz CT molecular complexity index is 798. The molecule has 0 bridgehead atoms. The highest BCUT2D eigenvalue weighted by atomic mass is 16.6. The molecule has 7 heteroatoms. The molecule has 2 aromatic rings. The predicted molar refractivity (Wildman–Crippen MR) is 101 cm³/mol. The maximum Gasteiger partial charge on any atom is 0.417 e. The van der Waals surface area contributed by atoms with Crippen LogP contribution in [0.4, 0.5) is 10.5 Å². The third-order valence-electron chi connectivity index (χ3n) is 3.49. The van der Waals surface area contributed by atoms with Crippen LogP contribution >= 0.6 is 0 Å². The molecule has 0 fully saturated rings. The molecule has 2 rings (SSSR count). The van der Waals surface area contributed by atoms with Crippen LogP contribution in [-0.2, 0) is 4.74 Å². The third kappa shape index (κ3) is 6.23. The van der Waals surface area contributed by atoms with Gasteiger partial charge in [-0.05, 0) is 69.6 Å². The highest BCUT2D eigenvalue weighted by molar-refractivity contribution is 5.97. The summed E-state index contributed by atoms with van der Waals surface area (Å²) in [5.74, 6) is -0.120. The summed E-state index contributed by atoms with van der Waals surface area (Å²) in [5.41, 5.74) is 1.42. The van der Waals surface area contributed by atoms with E-state index in [0.29, 0.717) is 35.7 Å². The summed E-state index contributed by atoms with van der Waals surface area (Å²) in [6, 6.07) is 12.6. The highest BCUT2D eigenvalue weighted by Crippen LogP contribution is 2.15. The number of amides is 1. The maximum absolute atomic E-state index is 12.0. The van der Waals surface area contributed by atoms with Gasteiger partial charge in [-0.25, -0.2) is 9.59 Å². The van der Waals surface area contributed by atoms with E-state index in [4.69, 9.17) is 9.47 Å². The van der Waals surface area contributed by atoms with Crippen LogP contribution in [0.2, 0.25) is 0 Å². The Labute approximate surface area is 157 Å². The first-order valence-electron chi connectivity index (χ1n) is 8.43. The first-order valence-corrected chi connectivity index (χ1v) is 8.43. The lowest BCUT2D eigenvalue weighted by Crippen LogP contribution is -2.21. The summed E-state index contributed by atoms with van der Waals surface area (Å²) in [4.78, 5) is 37.3. The monoisotopic (exact) mass is 370 g/mol. The number of carbonyl (C=O) groups excluding carboxylic acids is 3. The van der Waals surface area contributed by atoms with Gasteiger partial charge in [0.1, 0.15) is 5.75 Å². The van der Waals surface area contributed by atoms with E-state index in [9.17, 15) is 14.4 Å². The summed E-state index contributed by atoms with van der Waals surface area (Å²) in [6.07, 6.45) is -0.675. The van der Waals surface area contributed by atoms with Gasteiger partial charge in [0, 0.05) is 11.3 Å². The number of rotatable bonds is 7. The van der Waals surface area contributed by atoms with Crippen molar-refractivity contribution < 1.29 is 23.9 Å². The van der Waals surface area contributed by atoms with Crippen molar-refractivity contribution in [3.05, 3.63) is 59.7 Å². The number of likely N-dealkylation sites (N-methyl/N-ethyl adjacent to an activating group) is 1. The number of hydrogen-bond donors (Lipinski definition) is 1. The second-order valence-corrected chi connectivity index (χ2v) is 6.00. The van der Waals surface area contributed by atoms with Crippen molar-refractivity contribution in [2.24, 2.45) is 0 Å². The molecule has 27 heavy (non-hydrogen) atoms. The average molecular weight is 370 g/mol. The van der Waals surface area contributed by atoms with Crippen LogP contribution in [0.1, 0.15) is 27.6 Å². The minimum Gasteiger partial charge on any atom is -0.462 e. The van der Waals surface area contributed by atoms with Gasteiger partial charge in [-0.2, -0.15) is 0 Å². The van der Waals surface area contributed by atoms with Gasteiger partial charge >= 0.3 is 12.1 Å². The molecule has 0 heterocycles. The number of nitrogens with one attached hydrogen (secondary N) is 1. The topological polar surface area (TPSA) is 84.9 Å². The molecule has 0 aliphatic carbocycles. The average Bonchev–Trinajstić information content (AvgIpc) is 2.62. The van der Waals surface area contributed by atoms with Crippen molar-refractivity contribution in [1.29, 1.82) is 0 Å². The van der Waals surface area contributed by atoms with Gasteiger partial charge in [0.25, 0.3) is 0 Å². The molecular weight excluding hydrogens is 348 g/mol. The van der Waals surface area contributed by atoms with Gasteiger partial charge in [-0.1, -0.05) is 0 Å². The summed E-state index contributed by atoms with van der Waals surface area (Å²) >= 11 is 0. The smallest absolute Gasteiger partial charge is 0.417 e. The van der Waals surface area contributed by atoms with Crippen molar-refractivity contribution in [1.82, 2.24) is 4.90 Å². The number of esters is 1. The predicted octanol–water partition coefficient (Wildman–Crippen LogP) is 3.22. The standard InChI is InChI=1S/C20H22N2O5/c1-4-26-19(24)15-5-9-16(10-6-15)21-20(25)27-17-11-7-14(8-12-17)18(23)13-22(2)3/h5-12H,4,13H2,1-3H3,(H,21,25). The summed E-state index contributed by atoms with van der Waals surface area (Å²) in [7, 11) is 3.64. The van der Waals surface area contributed by atoms with E-state index in [0.717, 1.165) is 0 Å². The zero-order valence-corrected chi connectivity index (χ0v) is 15.5. The molecule has 0 atom stereocenters. The zero-order valence-electron chi connectivity index (χ0n) is 15.5. The minimum absolute atomic E-state index is 0.0160. The summed E-state index contributed by atoms with van der Waals surface area (Å²) < 4.78 is 10.1. The molecule has 0 radical (unpaired) electrons. The second kappa shape index (κ2) is 9.49. The largest absolute Gasteiger partial charge is 0.462 e. The van der Waals surface area contributed by atoms with Crippen LogP contribution in [-0.4, -0.2) is 50.0 Å². The Morgan fingerprint density at radius 1 is 0.926 bits per heavy atom. The molecule has 0 saturated carbocycles. The molecule has 0 unspecified atom stereocenters. The fourth-order valence-corrected chi connectivity index (χ4v) is 2.24. The number of carbonyl (C=O) groups is 3. The molecule has 7 nitrogen and oxygen atoms in total. The van der Waals surface area contributed by atoms with E-state index in [2.05, 4.69) is 5.32 Å². The number of nitrogens with zero attached hydrogens (tertiary/aromatic N) is 1. The SMILES string of the molecule is CCOC(=O)c1ccc(NC(=O)Oc2ccc(C(=O)CN(C)C)cc2)cc1. The number of benzene rings is 2. The minimum atomic E-state index is -0.675. The van der Waals surface area contributed by atoms with Crippen molar-refractivity contribution in [3.63, 3.8) is 0 Å². The summed E-state index contributed by atoms with van der Waals surface area (Å²) in [5, 5.41) is 2.57. The Morgan fingerprint density at radius 3 is 2.07 bits per heavy atom. The van der Waals surface area contributed by atoms with Gasteiger partial charge in [0.2, 0.25) is 0 Å². The van der Waals surface area contributed by atoms with Gasteiger partial charge in [-0.15, -0.1) is 0 Å². The summed E-state index contributed by atoms with van der Waals surface area (Å²) in [6.45, 7) is 2.34. The molecule has 0 aliphatic rings. The fraction of sp³-hybridized carbons (Fsp3) is 0.250. The van der Waals surface area contributed by atoms with E-state index < -0.39 is 12.1 Å². The van der Waals surface area contributed by atoms with Crippen LogP contribution in [0.5, 0.6) is 5.75 Å². The van der Waals surface area contributed by atoms with Crippen molar-refractivity contribution in [3.8, 4) is 5.75 Å². The molecule has 1 N–H and O–H groups in total. The van der Waals surface area contributed by atoms with Gasteiger partial charge < -0.3 is 14.4 Å². The fourth-order valence-electron chi connectivity index (χ4n) is 2.24. The van der Waals surface area contributed by atoms with Crippen LogP contribution in [0.25, 0.3) is 0 Å². The zero-order chi connectivity index (χ0) is 19.8. The number of Topliss-reactive ketones (excluding diaryl/α,β-unsaturated/α-hetero) is 1. The lowest BCUT2D eigenvalue weighted by Gasteiger charge is -2.09. The molecule has 0 aliphatic heterocycles. The van der Waals surface area contributed by atoms with Crippen LogP contribution in [0.15, 0.2) is 48.5 Å². The maximum atomic E-state index is 12.0. The van der Waals surface area contributed by atoms with E-state index in [-0.39, 0.29) is 5.78 Å². The Kier molecular flexibility index (Phi) is 7.08. The quantitative estimate of drug-likeness (QED) is 0.595. The van der Waals surface area contributed by atoms with E-state index in [1.54, 1.807) is 60.4 Å². The molecule has 142 valence electrons. The van der Waals surface area contributed by atoms with Gasteiger partial charge in [0.15, 0.2) is 5.78 Å². The van der Waals surface area contributed by atoms with Crippen molar-refractivity contribution in [2.75, 3.05) is 32.6 Å². The molecule has 1 amide bonds. The van der Waals surface area contributed by atoms with Gasteiger partial charge in [-0.3, -0.25) is 10.1 Å². The lowest BCUT2D eigenvalue weighted by atomic mass is 10.1. The van der Waals surface area contributed by atoms with E-state index in [1.807, 2.05) is 14.1 Å². The number of anilines is 1. The highest BCUT2D eigenvalue weighted by Gasteiger charge is 2.10. The Hall–Kier alpha value is -3.19. The number of hydrogen-bond acceptors (Lipinski definition) is 6. The number of ether oxygens (including phenoxy) is 2. The van der Waals surface area contributed by atoms with Crippen LogP contribution in [0.3, 0.4) is 0 Å². The lowest BCUT2D eigenvalue weighted by molar-refractivity contribution is 0.0526.